The van der Waals surface area contributed by atoms with Crippen molar-refractivity contribution in [3.8, 4) is 0 Å². The van der Waals surface area contributed by atoms with Crippen LogP contribution in [-0.2, 0) is 4.79 Å². The van der Waals surface area contributed by atoms with Crippen LogP contribution in [0.25, 0.3) is 0 Å². The van der Waals surface area contributed by atoms with Gasteiger partial charge >= 0.3 is 24.7 Å². The number of hydrogen-bond acceptors (Lipinski definition) is 1. The molecular weight excluding hydrogens is 340 g/mol. The molecule has 1 aliphatic carbocycles. The molecule has 21 heavy (non-hydrogen) atoms. The van der Waals surface area contributed by atoms with Gasteiger partial charge in [-0.3, -0.25) is 4.79 Å². The van der Waals surface area contributed by atoms with E-state index in [-0.39, 0.29) is 0 Å². The van der Waals surface area contributed by atoms with Crippen LogP contribution in [0.15, 0.2) is 11.1 Å². The lowest BCUT2D eigenvalue weighted by molar-refractivity contribution is -0.228. The van der Waals surface area contributed by atoms with Gasteiger partial charge in [-0.1, -0.05) is 0 Å². The Kier molecular flexibility index (Phi) is 3.41. The fourth-order valence-electron chi connectivity index (χ4n) is 1.84. The van der Waals surface area contributed by atoms with Crippen LogP contribution in [-0.4, -0.2) is 30.5 Å². The van der Waals surface area contributed by atoms with Gasteiger partial charge in [0.15, 0.2) is 5.41 Å². The molecule has 0 aliphatic heterocycles. The van der Waals surface area contributed by atoms with Gasteiger partial charge in [-0.05, 0) is 0 Å². The van der Waals surface area contributed by atoms with Gasteiger partial charge in [0.2, 0.25) is 0 Å². The molecule has 0 aromatic heterocycles. The van der Waals surface area contributed by atoms with Gasteiger partial charge < -0.3 is 0 Å². The highest BCUT2D eigenvalue weighted by atomic mass is 19.4. The molecule has 0 unspecified atom stereocenters. The molecular formula is C8F12O. The first kappa shape index (κ1) is 17.6. The molecule has 13 heteroatoms. The Balaban J connectivity index is 3.64. The maximum absolute atomic E-state index is 12.5. The van der Waals surface area contributed by atoms with Crippen molar-refractivity contribution < 1.29 is 57.5 Å². The topological polar surface area (TPSA) is 17.1 Å². The van der Waals surface area contributed by atoms with E-state index in [1.165, 1.54) is 0 Å². The third-order valence-electron chi connectivity index (χ3n) is 2.53. The summed E-state index contributed by atoms with van der Waals surface area (Å²) in [7, 11) is 0. The Labute approximate surface area is 106 Å². The zero-order valence-corrected chi connectivity index (χ0v) is 8.94. The summed E-state index contributed by atoms with van der Waals surface area (Å²) >= 11 is 0. The predicted octanol–water partition coefficient (Wildman–Crippen LogP) is 4.10. The maximum atomic E-state index is 12.5. The Morgan fingerprint density at radius 2 is 0.952 bits per heavy atom. The number of carbonyl (C=O) groups excluding carboxylic acids is 1. The lowest BCUT2D eigenvalue weighted by Gasteiger charge is -2.24. The number of rotatable bonds is 1. The normalized spacial score (nSPS) is 19.8. The summed E-state index contributed by atoms with van der Waals surface area (Å²) in [6.45, 7) is 0. The molecule has 0 saturated carbocycles. The summed E-state index contributed by atoms with van der Waals surface area (Å²) in [6.07, 6.45) is -26.1. The first-order chi connectivity index (χ1) is 8.89. The third-order valence-corrected chi connectivity index (χ3v) is 2.53. The van der Waals surface area contributed by atoms with Crippen molar-refractivity contribution in [2.24, 2.45) is 5.41 Å². The highest BCUT2D eigenvalue weighted by Crippen LogP contribution is 2.72. The van der Waals surface area contributed by atoms with Gasteiger partial charge in [0.05, 0.1) is 11.1 Å². The molecule has 0 bridgehead atoms. The van der Waals surface area contributed by atoms with E-state index < -0.39 is 47.0 Å². The number of alkyl halides is 12. The van der Waals surface area contributed by atoms with Crippen LogP contribution in [0.2, 0.25) is 0 Å². The quantitative estimate of drug-likeness (QED) is 0.519. The molecule has 0 fully saturated rings. The molecule has 0 saturated heterocycles. The van der Waals surface area contributed by atoms with E-state index in [0.717, 1.165) is 0 Å². The van der Waals surface area contributed by atoms with E-state index in [2.05, 4.69) is 0 Å². The molecule has 0 amide bonds. The first-order valence-electron chi connectivity index (χ1n) is 4.47. The molecule has 0 N–H and O–H groups in total. The van der Waals surface area contributed by atoms with Crippen molar-refractivity contribution in [3.63, 3.8) is 0 Å². The van der Waals surface area contributed by atoms with E-state index >= 15 is 0 Å². The minimum Gasteiger partial charge on any atom is -0.288 e. The van der Waals surface area contributed by atoms with E-state index in [1.807, 2.05) is 0 Å². The van der Waals surface area contributed by atoms with Crippen molar-refractivity contribution in [1.29, 1.82) is 0 Å². The van der Waals surface area contributed by atoms with Gasteiger partial charge in [0.1, 0.15) is 0 Å². The molecule has 0 atom stereocenters. The van der Waals surface area contributed by atoms with Crippen LogP contribution in [0.1, 0.15) is 0 Å². The largest absolute Gasteiger partial charge is 0.451 e. The molecule has 0 radical (unpaired) electrons. The standard InChI is InChI=1S/C8F12O/c9-5(10,11)1-2(6(12,13)14)4(1,8(18,19)20)3(21)7(15,16)17. The highest BCUT2D eigenvalue weighted by Gasteiger charge is 2.88. The van der Waals surface area contributed by atoms with Gasteiger partial charge in [-0.2, -0.15) is 52.7 Å². The number of allylic oxidation sites excluding steroid dienone is 2. The highest BCUT2D eigenvalue weighted by molar-refractivity contribution is 6.02. The van der Waals surface area contributed by atoms with Crippen LogP contribution >= 0.6 is 0 Å². The lowest BCUT2D eigenvalue weighted by atomic mass is 9.89. The lowest BCUT2D eigenvalue weighted by Crippen LogP contribution is -2.47. The Bertz CT molecular complexity index is 471. The number of hydrogen-bond donors (Lipinski definition) is 0. The number of carbonyl (C=O) groups is 1. The van der Waals surface area contributed by atoms with Crippen LogP contribution in [0.5, 0.6) is 0 Å². The van der Waals surface area contributed by atoms with Gasteiger partial charge in [-0.25, -0.2) is 0 Å². The van der Waals surface area contributed by atoms with Crippen molar-refractivity contribution >= 4 is 5.78 Å². The number of halogens is 12. The average molecular weight is 340 g/mol. The van der Waals surface area contributed by atoms with E-state index in [9.17, 15) is 57.5 Å². The van der Waals surface area contributed by atoms with Crippen LogP contribution in [0.3, 0.4) is 0 Å². The smallest absolute Gasteiger partial charge is 0.288 e. The van der Waals surface area contributed by atoms with E-state index in [4.69, 9.17) is 0 Å². The molecule has 122 valence electrons. The fraction of sp³-hybridized carbons (Fsp3) is 0.625. The van der Waals surface area contributed by atoms with E-state index in [0.29, 0.717) is 0 Å². The molecule has 0 aromatic carbocycles. The maximum Gasteiger partial charge on any atom is 0.451 e. The van der Waals surface area contributed by atoms with Crippen molar-refractivity contribution in [2.75, 3.05) is 0 Å². The van der Waals surface area contributed by atoms with Gasteiger partial charge in [-0.15, -0.1) is 0 Å². The minimum atomic E-state index is -6.74. The van der Waals surface area contributed by atoms with Crippen molar-refractivity contribution in [3.05, 3.63) is 11.1 Å². The molecule has 1 nitrogen and oxygen atoms in total. The zero-order chi connectivity index (χ0) is 17.2. The fourth-order valence-corrected chi connectivity index (χ4v) is 1.84. The number of Topliss-reactive ketones (excluding diaryl/α,β-unsaturated/α-hetero) is 1. The number of ketones is 1. The monoisotopic (exact) mass is 340 g/mol. The van der Waals surface area contributed by atoms with Crippen LogP contribution in [0.4, 0.5) is 52.7 Å². The third kappa shape index (κ3) is 2.46. The van der Waals surface area contributed by atoms with Crippen LogP contribution < -0.4 is 0 Å². The zero-order valence-electron chi connectivity index (χ0n) is 8.94. The summed E-state index contributed by atoms with van der Waals surface area (Å²) < 4.78 is 147. The summed E-state index contributed by atoms with van der Waals surface area (Å²) in [4.78, 5) is 10.6. The van der Waals surface area contributed by atoms with Crippen LogP contribution in [0, 0.1) is 5.41 Å². The molecule has 1 rings (SSSR count). The summed E-state index contributed by atoms with van der Waals surface area (Å²) in [5, 5.41) is 0. The molecule has 0 spiro atoms. The van der Waals surface area contributed by atoms with Gasteiger partial charge in [0.25, 0.3) is 5.78 Å². The van der Waals surface area contributed by atoms with E-state index in [1.54, 1.807) is 0 Å². The Hall–Kier alpha value is -1.43. The second kappa shape index (κ2) is 4.06. The second-order valence-electron chi connectivity index (χ2n) is 3.82. The second-order valence-corrected chi connectivity index (χ2v) is 3.82. The average Bonchev–Trinajstić information content (AvgIpc) is 2.82. The SMILES string of the molecule is O=C(C(F)(F)F)C1(C(F)(F)F)C(C(F)(F)F)=C1C(F)(F)F. The Morgan fingerprint density at radius 3 is 1.10 bits per heavy atom. The predicted molar refractivity (Wildman–Crippen MR) is 38.7 cm³/mol. The summed E-state index contributed by atoms with van der Waals surface area (Å²) in [5.41, 5.74) is -12.9. The first-order valence-corrected chi connectivity index (χ1v) is 4.47. The summed E-state index contributed by atoms with van der Waals surface area (Å²) in [6, 6.07) is 0. The minimum absolute atomic E-state index is 3.59. The summed E-state index contributed by atoms with van der Waals surface area (Å²) in [5.74, 6) is -4.18. The molecule has 0 aromatic rings. The molecule has 1 aliphatic rings. The van der Waals surface area contributed by atoms with Crippen molar-refractivity contribution in [2.45, 2.75) is 24.7 Å². The van der Waals surface area contributed by atoms with Gasteiger partial charge in [0, 0.05) is 0 Å². The Morgan fingerprint density at radius 1 is 0.667 bits per heavy atom. The molecule has 0 heterocycles. The van der Waals surface area contributed by atoms with Crippen molar-refractivity contribution in [1.82, 2.24) is 0 Å².